The highest BCUT2D eigenvalue weighted by atomic mass is 79.9. The molecule has 0 aliphatic rings. The van der Waals surface area contributed by atoms with Crippen molar-refractivity contribution in [3.63, 3.8) is 0 Å². The molecule has 0 aliphatic heterocycles. The van der Waals surface area contributed by atoms with E-state index in [1.54, 1.807) is 0 Å². The molecule has 0 aromatic rings. The molecule has 184 valence electrons. The van der Waals surface area contributed by atoms with Crippen molar-refractivity contribution in [3.8, 4) is 0 Å². The summed E-state index contributed by atoms with van der Waals surface area (Å²) in [6, 6.07) is 0. The predicted molar refractivity (Wildman–Crippen MR) is 132 cm³/mol. The zero-order chi connectivity index (χ0) is 21.5. The minimum Gasteiger partial charge on any atom is -1.00 e. The first-order chi connectivity index (χ1) is 14.2. The highest BCUT2D eigenvalue weighted by Crippen LogP contribution is 2.60. The average molecular weight is 514 g/mol. The van der Waals surface area contributed by atoms with Crippen molar-refractivity contribution < 1.29 is 32.3 Å². The maximum atomic E-state index is 9.29. The molecule has 0 rings (SSSR count). The number of hydrogen-bond donors (Lipinski definition) is 3. The molecule has 0 aliphatic carbocycles. The third kappa shape index (κ3) is 20.7. The smallest absolute Gasteiger partial charge is 0.0616 e. The van der Waals surface area contributed by atoms with E-state index in [1.165, 1.54) is 96.1 Å². The minimum absolute atomic E-state index is 0. The second kappa shape index (κ2) is 26.0. The van der Waals surface area contributed by atoms with Gasteiger partial charge in [-0.3, -0.25) is 0 Å². The molecule has 0 amide bonds. The van der Waals surface area contributed by atoms with E-state index in [2.05, 4.69) is 6.92 Å². The Morgan fingerprint density at radius 2 is 0.667 bits per heavy atom. The standard InChI is InChI=1S/C25H54O3P.BrH/c1-2-3-4-5-6-7-8-9-10-11-12-13-14-15-22-29(23-16-19-26,24-17-20-27)25-18-21-28;/h26-28H,2-25H2,1H3;1H/q+1;/p-1. The lowest BCUT2D eigenvalue weighted by atomic mass is 10.0. The van der Waals surface area contributed by atoms with Crippen LogP contribution in [0.3, 0.4) is 0 Å². The lowest BCUT2D eigenvalue weighted by molar-refractivity contribution is -0.00000963. The molecule has 0 heterocycles. The largest absolute Gasteiger partial charge is 1.00 e. The van der Waals surface area contributed by atoms with Crippen LogP contribution in [0.5, 0.6) is 0 Å². The van der Waals surface area contributed by atoms with E-state index in [-0.39, 0.29) is 36.8 Å². The molecular formula is C25H54BrO3P. The molecule has 0 saturated heterocycles. The van der Waals surface area contributed by atoms with Gasteiger partial charge in [0.15, 0.2) is 0 Å². The highest BCUT2D eigenvalue weighted by molar-refractivity contribution is 7.75. The van der Waals surface area contributed by atoms with Crippen LogP contribution < -0.4 is 17.0 Å². The van der Waals surface area contributed by atoms with Crippen molar-refractivity contribution in [1.29, 1.82) is 0 Å². The van der Waals surface area contributed by atoms with Crippen LogP contribution in [-0.2, 0) is 0 Å². The van der Waals surface area contributed by atoms with Crippen LogP contribution in [0.2, 0.25) is 0 Å². The van der Waals surface area contributed by atoms with Gasteiger partial charge in [0, 0.05) is 46.3 Å². The molecule has 0 fully saturated rings. The summed E-state index contributed by atoms with van der Waals surface area (Å²) in [5, 5.41) is 27.9. The zero-order valence-electron chi connectivity index (χ0n) is 20.1. The Labute approximate surface area is 199 Å². The van der Waals surface area contributed by atoms with Crippen molar-refractivity contribution in [2.75, 3.05) is 44.5 Å². The van der Waals surface area contributed by atoms with Crippen molar-refractivity contribution in [3.05, 3.63) is 0 Å². The molecule has 0 aromatic carbocycles. The molecule has 5 heteroatoms. The van der Waals surface area contributed by atoms with Gasteiger partial charge in [0.05, 0.1) is 24.6 Å². The van der Waals surface area contributed by atoms with Gasteiger partial charge in [0.1, 0.15) is 0 Å². The Hall–Kier alpha value is 0.790. The fourth-order valence-corrected chi connectivity index (χ4v) is 9.20. The quantitative estimate of drug-likeness (QED) is 0.137. The fraction of sp³-hybridized carbons (Fsp3) is 1.00. The summed E-state index contributed by atoms with van der Waals surface area (Å²) < 4.78 is 0. The fourth-order valence-electron chi connectivity index (χ4n) is 4.53. The summed E-state index contributed by atoms with van der Waals surface area (Å²) in [5.74, 6) is 0. The number of aliphatic hydroxyl groups excluding tert-OH is 3. The maximum Gasteiger partial charge on any atom is 0.0616 e. The maximum absolute atomic E-state index is 9.29. The van der Waals surface area contributed by atoms with Crippen LogP contribution in [0, 0.1) is 0 Å². The third-order valence-corrected chi connectivity index (χ3v) is 11.4. The molecule has 0 saturated carbocycles. The van der Waals surface area contributed by atoms with Gasteiger partial charge < -0.3 is 32.3 Å². The summed E-state index contributed by atoms with van der Waals surface area (Å²) in [7, 11) is -1.11. The Balaban J connectivity index is 0. The Kier molecular flexibility index (Phi) is 28.6. The molecule has 30 heavy (non-hydrogen) atoms. The van der Waals surface area contributed by atoms with Gasteiger partial charge in [0.25, 0.3) is 0 Å². The van der Waals surface area contributed by atoms with Crippen LogP contribution >= 0.6 is 7.26 Å². The number of halogens is 1. The second-order valence-electron chi connectivity index (χ2n) is 9.06. The second-order valence-corrected chi connectivity index (χ2v) is 13.5. The topological polar surface area (TPSA) is 60.7 Å². The summed E-state index contributed by atoms with van der Waals surface area (Å²) in [6.07, 6.45) is 26.9. The Morgan fingerprint density at radius 3 is 0.967 bits per heavy atom. The van der Waals surface area contributed by atoms with Gasteiger partial charge in [-0.1, -0.05) is 84.0 Å². The van der Waals surface area contributed by atoms with Crippen LogP contribution in [0.15, 0.2) is 0 Å². The zero-order valence-corrected chi connectivity index (χ0v) is 22.6. The van der Waals surface area contributed by atoms with Crippen molar-refractivity contribution in [2.45, 2.75) is 116 Å². The van der Waals surface area contributed by atoms with Crippen molar-refractivity contribution >= 4 is 7.26 Å². The normalized spacial score (nSPS) is 11.6. The van der Waals surface area contributed by atoms with Gasteiger partial charge in [-0.25, -0.2) is 0 Å². The van der Waals surface area contributed by atoms with Gasteiger partial charge in [-0.15, -0.1) is 0 Å². The molecular weight excluding hydrogens is 459 g/mol. The minimum atomic E-state index is -1.11. The van der Waals surface area contributed by atoms with E-state index in [9.17, 15) is 15.3 Å². The van der Waals surface area contributed by atoms with E-state index in [0.29, 0.717) is 0 Å². The monoisotopic (exact) mass is 512 g/mol. The Morgan fingerprint density at radius 1 is 0.400 bits per heavy atom. The van der Waals surface area contributed by atoms with E-state index < -0.39 is 7.26 Å². The van der Waals surface area contributed by atoms with Gasteiger partial charge in [0.2, 0.25) is 0 Å². The lowest BCUT2D eigenvalue weighted by Crippen LogP contribution is -3.00. The first kappa shape index (κ1) is 33.0. The Bertz CT molecular complexity index is 297. The molecule has 3 nitrogen and oxygen atoms in total. The molecule has 3 N–H and O–H groups in total. The third-order valence-electron chi connectivity index (χ3n) is 6.36. The number of aliphatic hydroxyl groups is 3. The van der Waals surface area contributed by atoms with Gasteiger partial charge >= 0.3 is 0 Å². The van der Waals surface area contributed by atoms with Gasteiger partial charge in [-0.2, -0.15) is 0 Å². The van der Waals surface area contributed by atoms with E-state index >= 15 is 0 Å². The first-order valence-electron chi connectivity index (χ1n) is 12.9. The van der Waals surface area contributed by atoms with Crippen molar-refractivity contribution in [1.82, 2.24) is 0 Å². The molecule has 0 unspecified atom stereocenters. The molecule has 0 bridgehead atoms. The van der Waals surface area contributed by atoms with Gasteiger partial charge in [-0.05, 0) is 12.8 Å². The average Bonchev–Trinajstić information content (AvgIpc) is 2.74. The van der Waals surface area contributed by atoms with E-state index in [4.69, 9.17) is 0 Å². The summed E-state index contributed by atoms with van der Waals surface area (Å²) >= 11 is 0. The SMILES string of the molecule is CCCCCCCCCCCCCCCC[P+](CCCO)(CCCO)CCCO.[Br-]. The first-order valence-corrected chi connectivity index (χ1v) is 15.5. The predicted octanol–water partition coefficient (Wildman–Crippen LogP) is 3.64. The van der Waals surface area contributed by atoms with E-state index in [1.807, 2.05) is 0 Å². The van der Waals surface area contributed by atoms with E-state index in [0.717, 1.165) is 37.7 Å². The van der Waals surface area contributed by atoms with Crippen LogP contribution in [0.4, 0.5) is 0 Å². The van der Waals surface area contributed by atoms with Crippen LogP contribution in [0.1, 0.15) is 116 Å². The summed E-state index contributed by atoms with van der Waals surface area (Å²) in [6.45, 7) is 3.11. The number of hydrogen-bond acceptors (Lipinski definition) is 3. The molecule has 0 aromatic heterocycles. The molecule has 0 spiro atoms. The summed E-state index contributed by atoms with van der Waals surface area (Å²) in [4.78, 5) is 0. The molecule has 0 radical (unpaired) electrons. The number of unbranched alkanes of at least 4 members (excludes halogenated alkanes) is 13. The number of rotatable bonds is 24. The molecule has 0 atom stereocenters. The lowest BCUT2D eigenvalue weighted by Gasteiger charge is -2.27. The highest BCUT2D eigenvalue weighted by Gasteiger charge is 2.34. The van der Waals surface area contributed by atoms with Crippen LogP contribution in [-0.4, -0.2) is 59.8 Å². The van der Waals surface area contributed by atoms with Crippen molar-refractivity contribution in [2.24, 2.45) is 0 Å². The van der Waals surface area contributed by atoms with Crippen LogP contribution in [0.25, 0.3) is 0 Å². The summed E-state index contributed by atoms with van der Waals surface area (Å²) in [5.41, 5.74) is 0.